The molecule has 1 aromatic heterocycles. The highest BCUT2D eigenvalue weighted by atomic mass is 32.2. The Morgan fingerprint density at radius 2 is 1.76 bits per heavy atom. The number of hydrogen-bond acceptors (Lipinski definition) is 4. The molecule has 0 saturated carbocycles. The quantitative estimate of drug-likeness (QED) is 0.820. The second-order valence-corrected chi connectivity index (χ2v) is 9.14. The first kappa shape index (κ1) is 18.0. The van der Waals surface area contributed by atoms with E-state index in [4.69, 9.17) is 0 Å². The fraction of sp³-hybridized carbons (Fsp3) is 0.353. The van der Waals surface area contributed by atoms with Gasteiger partial charge in [-0.05, 0) is 49.7 Å². The minimum atomic E-state index is -3.68. The second kappa shape index (κ2) is 7.23. The minimum absolute atomic E-state index is 0.0564. The van der Waals surface area contributed by atoms with E-state index >= 15 is 0 Å². The van der Waals surface area contributed by atoms with E-state index in [1.54, 1.807) is 11.0 Å². The maximum absolute atomic E-state index is 13.0. The van der Waals surface area contributed by atoms with Gasteiger partial charge in [0.2, 0.25) is 10.0 Å². The standard InChI is InChI=1S/C17H19FN2O3S2/c1-13-3-8-16(24-13)17(21)19-9-2-10-20(12-11-19)25(22,23)15-6-4-14(18)5-7-15/h3-8H,2,9-12H2,1H3. The molecule has 3 rings (SSSR count). The number of carbonyl (C=O) groups is 1. The van der Waals surface area contributed by atoms with Crippen molar-refractivity contribution >= 4 is 27.3 Å². The summed E-state index contributed by atoms with van der Waals surface area (Å²) >= 11 is 1.44. The molecule has 2 heterocycles. The number of aryl methyl sites for hydroxylation is 1. The summed E-state index contributed by atoms with van der Waals surface area (Å²) in [5, 5.41) is 0. The largest absolute Gasteiger partial charge is 0.337 e. The zero-order chi connectivity index (χ0) is 18.0. The maximum Gasteiger partial charge on any atom is 0.263 e. The molecular weight excluding hydrogens is 363 g/mol. The molecular formula is C17H19FN2O3S2. The molecule has 5 nitrogen and oxygen atoms in total. The lowest BCUT2D eigenvalue weighted by molar-refractivity contribution is 0.0769. The third kappa shape index (κ3) is 3.91. The molecule has 0 spiro atoms. The van der Waals surface area contributed by atoms with E-state index < -0.39 is 15.8 Å². The molecule has 2 aromatic rings. The number of sulfonamides is 1. The lowest BCUT2D eigenvalue weighted by Gasteiger charge is -2.21. The van der Waals surface area contributed by atoms with Gasteiger partial charge < -0.3 is 4.90 Å². The van der Waals surface area contributed by atoms with Crippen molar-refractivity contribution in [2.45, 2.75) is 18.2 Å². The normalized spacial score (nSPS) is 16.6. The third-order valence-corrected chi connectivity index (χ3v) is 7.05. The molecule has 0 unspecified atom stereocenters. The molecule has 0 radical (unpaired) electrons. The van der Waals surface area contributed by atoms with Crippen LogP contribution in [0.25, 0.3) is 0 Å². The Kier molecular flexibility index (Phi) is 5.21. The molecule has 1 aromatic carbocycles. The van der Waals surface area contributed by atoms with Gasteiger partial charge in [0.25, 0.3) is 5.91 Å². The Bertz CT molecular complexity index is 862. The highest BCUT2D eigenvalue weighted by Crippen LogP contribution is 2.21. The first-order valence-corrected chi connectivity index (χ1v) is 10.2. The zero-order valence-electron chi connectivity index (χ0n) is 13.8. The molecule has 1 fully saturated rings. The van der Waals surface area contributed by atoms with Crippen molar-refractivity contribution in [2.24, 2.45) is 0 Å². The Morgan fingerprint density at radius 1 is 1.04 bits per heavy atom. The van der Waals surface area contributed by atoms with E-state index in [2.05, 4.69) is 0 Å². The van der Waals surface area contributed by atoms with Crippen LogP contribution in [0, 0.1) is 12.7 Å². The Hall–Kier alpha value is -1.77. The van der Waals surface area contributed by atoms with Crippen molar-refractivity contribution in [3.05, 3.63) is 52.0 Å². The molecule has 1 saturated heterocycles. The number of thiophene rings is 1. The lowest BCUT2D eigenvalue weighted by atomic mass is 10.3. The molecule has 1 aliphatic rings. The summed E-state index contributed by atoms with van der Waals surface area (Å²) < 4.78 is 39.8. The fourth-order valence-electron chi connectivity index (χ4n) is 2.80. The van der Waals surface area contributed by atoms with Gasteiger partial charge in [-0.3, -0.25) is 4.79 Å². The van der Waals surface area contributed by atoms with Gasteiger partial charge in [-0.2, -0.15) is 4.31 Å². The fourth-order valence-corrected chi connectivity index (χ4v) is 5.10. The van der Waals surface area contributed by atoms with Crippen LogP contribution in [-0.4, -0.2) is 49.7 Å². The summed E-state index contributed by atoms with van der Waals surface area (Å²) in [4.78, 5) is 16.1. The van der Waals surface area contributed by atoms with E-state index in [0.29, 0.717) is 30.9 Å². The third-order valence-electron chi connectivity index (χ3n) is 4.14. The summed E-state index contributed by atoms with van der Waals surface area (Å²) in [6.45, 7) is 3.38. The van der Waals surface area contributed by atoms with Crippen molar-refractivity contribution in [1.82, 2.24) is 9.21 Å². The Morgan fingerprint density at radius 3 is 2.40 bits per heavy atom. The number of hydrogen-bond donors (Lipinski definition) is 0. The smallest absolute Gasteiger partial charge is 0.263 e. The number of nitrogens with zero attached hydrogens (tertiary/aromatic N) is 2. The van der Waals surface area contributed by atoms with Crippen LogP contribution < -0.4 is 0 Å². The lowest BCUT2D eigenvalue weighted by Crippen LogP contribution is -2.37. The van der Waals surface area contributed by atoms with Crippen LogP contribution in [0.2, 0.25) is 0 Å². The topological polar surface area (TPSA) is 57.7 Å². The maximum atomic E-state index is 13.0. The highest BCUT2D eigenvalue weighted by Gasteiger charge is 2.28. The van der Waals surface area contributed by atoms with E-state index in [0.717, 1.165) is 17.0 Å². The molecule has 0 N–H and O–H groups in total. The van der Waals surface area contributed by atoms with Gasteiger partial charge in [0.05, 0.1) is 9.77 Å². The molecule has 1 aliphatic heterocycles. The summed E-state index contributed by atoms with van der Waals surface area (Å²) in [7, 11) is -3.68. The Balaban J connectivity index is 1.73. The van der Waals surface area contributed by atoms with Crippen molar-refractivity contribution in [2.75, 3.05) is 26.2 Å². The second-order valence-electron chi connectivity index (χ2n) is 5.91. The average molecular weight is 382 g/mol. The predicted octanol–water partition coefficient (Wildman–Crippen LogP) is 2.73. The molecule has 1 amide bonds. The van der Waals surface area contributed by atoms with Crippen LogP contribution in [-0.2, 0) is 10.0 Å². The Labute approximate surface area is 150 Å². The number of halogens is 1. The number of carbonyl (C=O) groups excluding carboxylic acids is 1. The highest BCUT2D eigenvalue weighted by molar-refractivity contribution is 7.89. The van der Waals surface area contributed by atoms with Crippen LogP contribution in [0.5, 0.6) is 0 Å². The van der Waals surface area contributed by atoms with Crippen molar-refractivity contribution in [1.29, 1.82) is 0 Å². The van der Waals surface area contributed by atoms with Crippen molar-refractivity contribution < 1.29 is 17.6 Å². The van der Waals surface area contributed by atoms with E-state index in [-0.39, 0.29) is 17.3 Å². The van der Waals surface area contributed by atoms with Gasteiger partial charge in [0, 0.05) is 31.1 Å². The van der Waals surface area contributed by atoms with E-state index in [1.807, 2.05) is 13.0 Å². The van der Waals surface area contributed by atoms with Gasteiger partial charge in [-0.1, -0.05) is 0 Å². The molecule has 0 atom stereocenters. The molecule has 0 bridgehead atoms. The molecule has 8 heteroatoms. The summed E-state index contributed by atoms with van der Waals surface area (Å²) in [6.07, 6.45) is 0.566. The van der Waals surface area contributed by atoms with Crippen molar-refractivity contribution in [3.8, 4) is 0 Å². The minimum Gasteiger partial charge on any atom is -0.337 e. The van der Waals surface area contributed by atoms with Gasteiger partial charge in [0.1, 0.15) is 5.82 Å². The first-order chi connectivity index (χ1) is 11.9. The SMILES string of the molecule is Cc1ccc(C(=O)N2CCCN(S(=O)(=O)c3ccc(F)cc3)CC2)s1. The summed E-state index contributed by atoms with van der Waals surface area (Å²) in [6, 6.07) is 8.53. The first-order valence-electron chi connectivity index (χ1n) is 7.99. The summed E-state index contributed by atoms with van der Waals surface area (Å²) in [5.74, 6) is -0.531. The van der Waals surface area contributed by atoms with Gasteiger partial charge >= 0.3 is 0 Å². The van der Waals surface area contributed by atoms with E-state index in [9.17, 15) is 17.6 Å². The molecule has 0 aliphatic carbocycles. The predicted molar refractivity (Wildman–Crippen MR) is 94.7 cm³/mol. The number of amides is 1. The van der Waals surface area contributed by atoms with Gasteiger partial charge in [0.15, 0.2) is 0 Å². The van der Waals surface area contributed by atoms with Crippen molar-refractivity contribution in [3.63, 3.8) is 0 Å². The van der Waals surface area contributed by atoms with Gasteiger partial charge in [-0.25, -0.2) is 12.8 Å². The monoisotopic (exact) mass is 382 g/mol. The zero-order valence-corrected chi connectivity index (χ0v) is 15.4. The van der Waals surface area contributed by atoms with E-state index in [1.165, 1.54) is 27.8 Å². The van der Waals surface area contributed by atoms with Crippen LogP contribution in [0.4, 0.5) is 4.39 Å². The van der Waals surface area contributed by atoms with Crippen LogP contribution in [0.15, 0.2) is 41.3 Å². The van der Waals surface area contributed by atoms with Crippen LogP contribution >= 0.6 is 11.3 Å². The molecule has 25 heavy (non-hydrogen) atoms. The van der Waals surface area contributed by atoms with Crippen LogP contribution in [0.1, 0.15) is 21.0 Å². The molecule has 134 valence electrons. The number of benzene rings is 1. The summed E-state index contributed by atoms with van der Waals surface area (Å²) in [5.41, 5.74) is 0. The number of rotatable bonds is 3. The van der Waals surface area contributed by atoms with Gasteiger partial charge in [-0.15, -0.1) is 11.3 Å². The average Bonchev–Trinajstić information content (AvgIpc) is 2.86. The van der Waals surface area contributed by atoms with Crippen LogP contribution in [0.3, 0.4) is 0 Å².